The van der Waals surface area contributed by atoms with Crippen molar-refractivity contribution in [3.63, 3.8) is 0 Å². The Labute approximate surface area is 161 Å². The average molecular weight is 370 g/mol. The van der Waals surface area contributed by atoms with Crippen molar-refractivity contribution in [1.82, 2.24) is 4.90 Å². The van der Waals surface area contributed by atoms with Crippen molar-refractivity contribution in [2.24, 2.45) is 11.3 Å². The van der Waals surface area contributed by atoms with Crippen molar-refractivity contribution in [3.8, 4) is 5.75 Å². The van der Waals surface area contributed by atoms with Gasteiger partial charge in [-0.25, -0.2) is 0 Å². The molecule has 4 heteroatoms. The van der Waals surface area contributed by atoms with E-state index in [1.165, 1.54) is 18.4 Å². The van der Waals surface area contributed by atoms with Crippen molar-refractivity contribution in [2.75, 3.05) is 13.1 Å². The molecule has 0 unspecified atom stereocenters. The monoisotopic (exact) mass is 369 g/mol. The van der Waals surface area contributed by atoms with Gasteiger partial charge in [0.05, 0.1) is 11.7 Å². The lowest BCUT2D eigenvalue weighted by Crippen LogP contribution is -2.63. The standard InChI is InChI=1S/C23H31NO3/c1-22(26)12-18(13-22)21(25)24-14-23(15-24)10-8-20(9-11-23)27-19-6-4-17(5-7-19)16-2-3-16/h4-7,16,18,20,26H,2-3,8-15H2,1H3/t18-,22+. The van der Waals surface area contributed by atoms with Crippen LogP contribution in [0.1, 0.15) is 69.8 Å². The van der Waals surface area contributed by atoms with Gasteiger partial charge in [-0.2, -0.15) is 0 Å². The molecule has 1 saturated heterocycles. The average Bonchev–Trinajstić information content (AvgIpc) is 3.44. The van der Waals surface area contributed by atoms with E-state index in [-0.39, 0.29) is 11.8 Å². The van der Waals surface area contributed by atoms with E-state index in [4.69, 9.17) is 4.74 Å². The van der Waals surface area contributed by atoms with Crippen molar-refractivity contribution in [3.05, 3.63) is 29.8 Å². The number of rotatable bonds is 4. The Hall–Kier alpha value is -1.55. The SMILES string of the molecule is C[C@]1(O)C[C@@H](C(=O)N2CC3(CCC(Oc4ccc(C5CC5)cc4)CC3)C2)C1. The van der Waals surface area contributed by atoms with Crippen molar-refractivity contribution < 1.29 is 14.6 Å². The molecule has 4 aliphatic rings. The van der Waals surface area contributed by atoms with E-state index in [0.717, 1.165) is 50.4 Å². The Bertz CT molecular complexity index is 698. The molecular formula is C23H31NO3. The number of carbonyl (C=O) groups is 1. The number of hydrogen-bond acceptors (Lipinski definition) is 3. The lowest BCUT2D eigenvalue weighted by molar-refractivity contribution is -0.164. The summed E-state index contributed by atoms with van der Waals surface area (Å²) in [7, 11) is 0. The van der Waals surface area contributed by atoms with Crippen LogP contribution < -0.4 is 4.74 Å². The number of nitrogens with zero attached hydrogens (tertiary/aromatic N) is 1. The third-order valence-corrected chi connectivity index (χ3v) is 7.31. The predicted octanol–water partition coefficient (Wildman–Crippen LogP) is 3.88. The Morgan fingerprint density at radius 2 is 1.70 bits per heavy atom. The molecule has 1 amide bonds. The molecule has 1 aromatic carbocycles. The summed E-state index contributed by atoms with van der Waals surface area (Å²) in [4.78, 5) is 14.5. The minimum atomic E-state index is -0.616. The van der Waals surface area contributed by atoms with Crippen LogP contribution in [0.25, 0.3) is 0 Å². The summed E-state index contributed by atoms with van der Waals surface area (Å²) < 4.78 is 6.23. The van der Waals surface area contributed by atoms with E-state index in [1.807, 2.05) is 11.8 Å². The number of carbonyl (C=O) groups excluding carboxylic acids is 1. The maximum absolute atomic E-state index is 12.5. The van der Waals surface area contributed by atoms with Crippen LogP contribution in [-0.2, 0) is 4.79 Å². The third kappa shape index (κ3) is 3.49. The number of likely N-dealkylation sites (tertiary alicyclic amines) is 1. The van der Waals surface area contributed by atoms with Crippen LogP contribution in [0.5, 0.6) is 5.75 Å². The lowest BCUT2D eigenvalue weighted by atomic mass is 9.66. The fraction of sp³-hybridized carbons (Fsp3) is 0.696. The number of amides is 1. The van der Waals surface area contributed by atoms with E-state index < -0.39 is 5.60 Å². The number of aliphatic hydroxyl groups is 1. The quantitative estimate of drug-likeness (QED) is 0.876. The van der Waals surface area contributed by atoms with Gasteiger partial charge < -0.3 is 14.7 Å². The minimum absolute atomic E-state index is 0.0515. The normalized spacial score (nSPS) is 32.7. The zero-order chi connectivity index (χ0) is 18.6. The maximum atomic E-state index is 12.5. The lowest BCUT2D eigenvalue weighted by Gasteiger charge is -2.55. The summed E-state index contributed by atoms with van der Waals surface area (Å²) in [6.45, 7) is 3.65. The van der Waals surface area contributed by atoms with Crippen molar-refractivity contribution in [1.29, 1.82) is 0 Å². The zero-order valence-electron chi connectivity index (χ0n) is 16.3. The summed E-state index contributed by atoms with van der Waals surface area (Å²) >= 11 is 0. The first-order valence-electron chi connectivity index (χ1n) is 10.7. The van der Waals surface area contributed by atoms with Crippen LogP contribution >= 0.6 is 0 Å². The molecule has 1 aliphatic heterocycles. The van der Waals surface area contributed by atoms with Gasteiger partial charge in [-0.1, -0.05) is 12.1 Å². The molecule has 0 atom stereocenters. The van der Waals surface area contributed by atoms with Crippen LogP contribution in [-0.4, -0.2) is 40.7 Å². The summed E-state index contributed by atoms with van der Waals surface area (Å²) in [5, 5.41) is 9.86. The maximum Gasteiger partial charge on any atom is 0.225 e. The molecule has 1 aromatic rings. The van der Waals surface area contributed by atoms with Crippen molar-refractivity contribution in [2.45, 2.75) is 75.9 Å². The summed E-state index contributed by atoms with van der Waals surface area (Å²) in [6.07, 6.45) is 8.74. The summed E-state index contributed by atoms with van der Waals surface area (Å²) in [5.41, 5.74) is 1.17. The first-order chi connectivity index (χ1) is 12.9. The van der Waals surface area contributed by atoms with Gasteiger partial charge in [0, 0.05) is 24.4 Å². The fourth-order valence-corrected chi connectivity index (χ4v) is 5.42. The van der Waals surface area contributed by atoms with Gasteiger partial charge in [0.2, 0.25) is 5.91 Å². The number of ether oxygens (including phenoxy) is 1. The molecule has 3 saturated carbocycles. The van der Waals surface area contributed by atoms with E-state index in [0.29, 0.717) is 24.4 Å². The Morgan fingerprint density at radius 3 is 2.26 bits per heavy atom. The van der Waals surface area contributed by atoms with Crippen LogP contribution in [0.3, 0.4) is 0 Å². The Morgan fingerprint density at radius 1 is 1.07 bits per heavy atom. The highest BCUT2D eigenvalue weighted by Gasteiger charge is 2.51. The molecule has 1 N–H and O–H groups in total. The first kappa shape index (κ1) is 17.5. The van der Waals surface area contributed by atoms with Gasteiger partial charge in [-0.15, -0.1) is 0 Å². The second-order valence-corrected chi connectivity index (χ2v) is 9.96. The molecule has 4 fully saturated rings. The predicted molar refractivity (Wildman–Crippen MR) is 104 cm³/mol. The van der Waals surface area contributed by atoms with Crippen LogP contribution in [0, 0.1) is 11.3 Å². The van der Waals surface area contributed by atoms with Gasteiger partial charge in [0.15, 0.2) is 0 Å². The van der Waals surface area contributed by atoms with Crippen LogP contribution in [0.15, 0.2) is 24.3 Å². The van der Waals surface area contributed by atoms with E-state index in [1.54, 1.807) is 0 Å². The van der Waals surface area contributed by atoms with Crippen LogP contribution in [0.4, 0.5) is 0 Å². The van der Waals surface area contributed by atoms with Gasteiger partial charge in [-0.3, -0.25) is 4.79 Å². The molecule has 5 rings (SSSR count). The molecule has 0 bridgehead atoms. The van der Waals surface area contributed by atoms with Crippen LogP contribution in [0.2, 0.25) is 0 Å². The molecule has 1 heterocycles. The molecule has 0 aromatic heterocycles. The highest BCUT2D eigenvalue weighted by molar-refractivity contribution is 5.81. The first-order valence-corrected chi connectivity index (χ1v) is 10.7. The molecule has 146 valence electrons. The third-order valence-electron chi connectivity index (χ3n) is 7.31. The highest BCUT2D eigenvalue weighted by Crippen LogP contribution is 2.47. The molecule has 1 spiro atoms. The summed E-state index contributed by atoms with van der Waals surface area (Å²) in [6, 6.07) is 8.72. The second kappa shape index (κ2) is 6.23. The van der Waals surface area contributed by atoms with Gasteiger partial charge in [0.25, 0.3) is 0 Å². The zero-order valence-corrected chi connectivity index (χ0v) is 16.3. The van der Waals surface area contributed by atoms with Gasteiger partial charge >= 0.3 is 0 Å². The van der Waals surface area contributed by atoms with Crippen molar-refractivity contribution >= 4 is 5.91 Å². The minimum Gasteiger partial charge on any atom is -0.490 e. The Balaban J connectivity index is 1.08. The number of benzene rings is 1. The Kier molecular flexibility index (Phi) is 4.05. The largest absolute Gasteiger partial charge is 0.490 e. The molecule has 3 aliphatic carbocycles. The molecule has 0 radical (unpaired) electrons. The topological polar surface area (TPSA) is 49.8 Å². The number of hydrogen-bond donors (Lipinski definition) is 1. The van der Waals surface area contributed by atoms with Gasteiger partial charge in [-0.05, 0) is 81.9 Å². The fourth-order valence-electron chi connectivity index (χ4n) is 5.42. The second-order valence-electron chi connectivity index (χ2n) is 9.96. The molecule has 27 heavy (non-hydrogen) atoms. The summed E-state index contributed by atoms with van der Waals surface area (Å²) in [5.74, 6) is 2.11. The molecule has 4 nitrogen and oxygen atoms in total. The molecular weight excluding hydrogens is 338 g/mol. The van der Waals surface area contributed by atoms with E-state index >= 15 is 0 Å². The van der Waals surface area contributed by atoms with E-state index in [2.05, 4.69) is 24.3 Å². The van der Waals surface area contributed by atoms with Gasteiger partial charge in [0.1, 0.15) is 5.75 Å². The smallest absolute Gasteiger partial charge is 0.225 e. The highest BCUT2D eigenvalue weighted by atomic mass is 16.5. The van der Waals surface area contributed by atoms with E-state index in [9.17, 15) is 9.90 Å².